The number of nitrogens with one attached hydrogen (secondary N) is 1. The van der Waals surface area contributed by atoms with Crippen LogP contribution in [0.5, 0.6) is 0 Å². The number of carboxylic acid groups (broad SMARTS) is 1. The van der Waals surface area contributed by atoms with E-state index in [1.165, 1.54) is 6.33 Å². The molecule has 0 spiro atoms. The smallest absolute Gasteiger partial charge is 0.322 e. The van der Waals surface area contributed by atoms with Crippen LogP contribution in [0.25, 0.3) is 0 Å². The molecule has 0 saturated heterocycles. The maximum atomic E-state index is 10.2. The van der Waals surface area contributed by atoms with Gasteiger partial charge < -0.3 is 16.2 Å². The standard InChI is InChI=1S/C6H7ClN4O2/c7-5-4(8)6(11-2-10-5)9-1-3(12)13/h2H,1,8H2,(H,12,13)(H,9,10,11). The number of hydrogen-bond donors (Lipinski definition) is 3. The van der Waals surface area contributed by atoms with Gasteiger partial charge in [-0.1, -0.05) is 11.6 Å². The highest BCUT2D eigenvalue weighted by Gasteiger charge is 2.06. The summed E-state index contributed by atoms with van der Waals surface area (Å²) in [5.41, 5.74) is 5.60. The number of aliphatic carboxylic acids is 1. The Morgan fingerprint density at radius 1 is 1.69 bits per heavy atom. The monoisotopic (exact) mass is 202 g/mol. The van der Waals surface area contributed by atoms with E-state index < -0.39 is 5.97 Å². The van der Waals surface area contributed by atoms with Crippen molar-refractivity contribution in [2.45, 2.75) is 0 Å². The van der Waals surface area contributed by atoms with Crippen LogP contribution in [0.15, 0.2) is 6.33 Å². The van der Waals surface area contributed by atoms with E-state index in [-0.39, 0.29) is 23.2 Å². The van der Waals surface area contributed by atoms with E-state index in [0.717, 1.165) is 0 Å². The summed E-state index contributed by atoms with van der Waals surface area (Å²) in [4.78, 5) is 17.5. The van der Waals surface area contributed by atoms with Crippen LogP contribution in [-0.4, -0.2) is 27.6 Å². The van der Waals surface area contributed by atoms with Crippen LogP contribution in [-0.2, 0) is 4.79 Å². The fraction of sp³-hybridized carbons (Fsp3) is 0.167. The zero-order chi connectivity index (χ0) is 9.84. The lowest BCUT2D eigenvalue weighted by atomic mass is 10.5. The van der Waals surface area contributed by atoms with E-state index in [9.17, 15) is 4.79 Å². The van der Waals surface area contributed by atoms with E-state index in [2.05, 4.69) is 15.3 Å². The zero-order valence-electron chi connectivity index (χ0n) is 6.49. The van der Waals surface area contributed by atoms with Crippen molar-refractivity contribution < 1.29 is 9.90 Å². The van der Waals surface area contributed by atoms with Gasteiger partial charge in [0.1, 0.15) is 18.6 Å². The SMILES string of the molecule is Nc1c(Cl)ncnc1NCC(=O)O. The van der Waals surface area contributed by atoms with Crippen molar-refractivity contribution in [2.24, 2.45) is 0 Å². The maximum absolute atomic E-state index is 10.2. The molecule has 1 rings (SSSR count). The Hall–Kier alpha value is -1.56. The van der Waals surface area contributed by atoms with Crippen LogP contribution in [0.1, 0.15) is 0 Å². The van der Waals surface area contributed by atoms with Crippen molar-refractivity contribution in [3.8, 4) is 0 Å². The number of nitrogens with zero attached hydrogens (tertiary/aromatic N) is 2. The topological polar surface area (TPSA) is 101 Å². The summed E-state index contributed by atoms with van der Waals surface area (Å²) in [6.45, 7) is -0.266. The van der Waals surface area contributed by atoms with Gasteiger partial charge in [-0.05, 0) is 0 Å². The Labute approximate surface area is 78.7 Å². The number of hydrogen-bond acceptors (Lipinski definition) is 5. The van der Waals surface area contributed by atoms with Gasteiger partial charge in [0.2, 0.25) is 0 Å². The summed E-state index contributed by atoms with van der Waals surface area (Å²) in [5, 5.41) is 10.9. The molecule has 1 heterocycles. The van der Waals surface area contributed by atoms with Crippen LogP contribution in [0.3, 0.4) is 0 Å². The highest BCUT2D eigenvalue weighted by atomic mass is 35.5. The molecule has 13 heavy (non-hydrogen) atoms. The number of carbonyl (C=O) groups is 1. The Balaban J connectivity index is 2.77. The molecule has 70 valence electrons. The first-order valence-electron chi connectivity index (χ1n) is 3.33. The van der Waals surface area contributed by atoms with Gasteiger partial charge in [-0.2, -0.15) is 0 Å². The Kier molecular flexibility index (Phi) is 2.86. The number of rotatable bonds is 3. The largest absolute Gasteiger partial charge is 0.480 e. The first-order valence-corrected chi connectivity index (χ1v) is 3.70. The molecule has 0 aromatic carbocycles. The minimum Gasteiger partial charge on any atom is -0.480 e. The predicted molar refractivity (Wildman–Crippen MR) is 47.6 cm³/mol. The number of nitrogen functional groups attached to an aromatic ring is 1. The second-order valence-electron chi connectivity index (χ2n) is 2.17. The second-order valence-corrected chi connectivity index (χ2v) is 2.53. The Bertz CT molecular complexity index is 330. The number of anilines is 2. The molecule has 0 atom stereocenters. The average molecular weight is 203 g/mol. The number of halogens is 1. The van der Waals surface area contributed by atoms with Gasteiger partial charge in [0.05, 0.1) is 0 Å². The molecule has 6 nitrogen and oxygen atoms in total. The van der Waals surface area contributed by atoms with E-state index in [4.69, 9.17) is 22.4 Å². The molecule has 1 aromatic heterocycles. The lowest BCUT2D eigenvalue weighted by Crippen LogP contribution is -2.14. The van der Waals surface area contributed by atoms with Gasteiger partial charge in [0, 0.05) is 0 Å². The summed E-state index contributed by atoms with van der Waals surface area (Å²) in [6.07, 6.45) is 1.20. The summed E-state index contributed by atoms with van der Waals surface area (Å²) >= 11 is 5.57. The van der Waals surface area contributed by atoms with E-state index in [1.54, 1.807) is 0 Å². The van der Waals surface area contributed by atoms with Crippen molar-refractivity contribution in [1.82, 2.24) is 9.97 Å². The van der Waals surface area contributed by atoms with Gasteiger partial charge in [-0.25, -0.2) is 9.97 Å². The van der Waals surface area contributed by atoms with Gasteiger partial charge in [0.15, 0.2) is 11.0 Å². The van der Waals surface area contributed by atoms with Gasteiger partial charge in [0.25, 0.3) is 0 Å². The highest BCUT2D eigenvalue weighted by molar-refractivity contribution is 6.32. The molecule has 4 N–H and O–H groups in total. The lowest BCUT2D eigenvalue weighted by Gasteiger charge is -2.05. The fourth-order valence-corrected chi connectivity index (χ4v) is 0.807. The third-order valence-electron chi connectivity index (χ3n) is 1.24. The first-order chi connectivity index (χ1) is 6.11. The molecule has 0 saturated carbocycles. The van der Waals surface area contributed by atoms with Crippen molar-refractivity contribution in [3.05, 3.63) is 11.5 Å². The third-order valence-corrected chi connectivity index (χ3v) is 1.54. The van der Waals surface area contributed by atoms with Crippen LogP contribution in [0, 0.1) is 0 Å². The molecular formula is C6H7ClN4O2. The van der Waals surface area contributed by atoms with Crippen LogP contribution >= 0.6 is 11.6 Å². The van der Waals surface area contributed by atoms with Crippen LogP contribution < -0.4 is 11.1 Å². The molecule has 0 aliphatic carbocycles. The van der Waals surface area contributed by atoms with E-state index in [0.29, 0.717) is 0 Å². The summed E-state index contributed by atoms with van der Waals surface area (Å²) in [6, 6.07) is 0. The quantitative estimate of drug-likeness (QED) is 0.606. The van der Waals surface area contributed by atoms with Crippen molar-refractivity contribution in [2.75, 3.05) is 17.6 Å². The normalized spacial score (nSPS) is 9.62. The molecule has 0 aliphatic heterocycles. The lowest BCUT2D eigenvalue weighted by molar-refractivity contribution is -0.134. The number of nitrogens with two attached hydrogens (primary N) is 1. The highest BCUT2D eigenvalue weighted by Crippen LogP contribution is 2.21. The minimum atomic E-state index is -1.01. The molecule has 0 aliphatic rings. The van der Waals surface area contributed by atoms with Crippen LogP contribution in [0.4, 0.5) is 11.5 Å². The fourth-order valence-electron chi connectivity index (χ4n) is 0.674. The first kappa shape index (κ1) is 9.53. The van der Waals surface area contributed by atoms with Gasteiger partial charge >= 0.3 is 5.97 Å². The van der Waals surface area contributed by atoms with Gasteiger partial charge in [-0.3, -0.25) is 4.79 Å². The number of aromatic nitrogens is 2. The average Bonchev–Trinajstić information content (AvgIpc) is 2.07. The summed E-state index contributed by atoms with van der Waals surface area (Å²) < 4.78 is 0. The molecular weight excluding hydrogens is 196 g/mol. The van der Waals surface area contributed by atoms with Crippen molar-refractivity contribution in [1.29, 1.82) is 0 Å². The predicted octanol–water partition coefficient (Wildman–Crippen LogP) is 0.209. The zero-order valence-corrected chi connectivity index (χ0v) is 7.25. The third kappa shape index (κ3) is 2.45. The summed E-state index contributed by atoms with van der Waals surface area (Å²) in [7, 11) is 0. The minimum absolute atomic E-state index is 0.0999. The van der Waals surface area contributed by atoms with E-state index in [1.807, 2.05) is 0 Å². The molecule has 1 aromatic rings. The second kappa shape index (κ2) is 3.90. The number of carboxylic acids is 1. The maximum Gasteiger partial charge on any atom is 0.322 e. The van der Waals surface area contributed by atoms with Crippen molar-refractivity contribution >= 4 is 29.1 Å². The summed E-state index contributed by atoms with van der Waals surface area (Å²) in [5.74, 6) is -0.781. The molecule has 0 radical (unpaired) electrons. The van der Waals surface area contributed by atoms with E-state index >= 15 is 0 Å². The van der Waals surface area contributed by atoms with Gasteiger partial charge in [-0.15, -0.1) is 0 Å². The molecule has 0 amide bonds. The van der Waals surface area contributed by atoms with Crippen molar-refractivity contribution in [3.63, 3.8) is 0 Å². The molecule has 7 heteroatoms. The Morgan fingerprint density at radius 2 is 2.38 bits per heavy atom. The molecule has 0 bridgehead atoms. The van der Waals surface area contributed by atoms with Crippen LogP contribution in [0.2, 0.25) is 5.15 Å². The molecule has 0 fully saturated rings. The molecule has 0 unspecified atom stereocenters. The Morgan fingerprint density at radius 3 is 3.00 bits per heavy atom.